The van der Waals surface area contributed by atoms with Crippen LogP contribution in [0, 0.1) is 6.92 Å². The topological polar surface area (TPSA) is 126 Å². The second kappa shape index (κ2) is 6.49. The van der Waals surface area contributed by atoms with Gasteiger partial charge < -0.3 is 14.4 Å². The largest absolute Gasteiger partial charge is 0.456 e. The van der Waals surface area contributed by atoms with Crippen LogP contribution in [0.1, 0.15) is 17.1 Å². The van der Waals surface area contributed by atoms with Gasteiger partial charge in [-0.25, -0.2) is 4.79 Å². The van der Waals surface area contributed by atoms with E-state index in [1.807, 2.05) is 0 Å². The minimum atomic E-state index is -2.26. The lowest BCUT2D eigenvalue weighted by Gasteiger charge is -2.05. The predicted molar refractivity (Wildman–Crippen MR) is 84.8 cm³/mol. The number of nitrogens with two attached hydrogens (primary N) is 1. The smallest absolute Gasteiger partial charge is 0.378 e. The fourth-order valence-corrected chi connectivity index (χ4v) is 2.87. The summed E-state index contributed by atoms with van der Waals surface area (Å²) in [7, 11) is 0. The van der Waals surface area contributed by atoms with Crippen LogP contribution >= 0.6 is 11.6 Å². The average molecular weight is 371 g/mol. The quantitative estimate of drug-likeness (QED) is 0.715. The Bertz CT molecular complexity index is 927. The number of aryl methyl sites for hydroxylation is 1. The third-order valence-corrected chi connectivity index (χ3v) is 4.26. The van der Waals surface area contributed by atoms with Crippen LogP contribution in [-0.4, -0.2) is 18.5 Å². The van der Waals surface area contributed by atoms with Crippen molar-refractivity contribution in [3.05, 3.63) is 57.0 Å². The summed E-state index contributed by atoms with van der Waals surface area (Å²) in [6.07, 6.45) is 0.191. The molecular formula is C13H11ClN4O5S. The van der Waals surface area contributed by atoms with Crippen LogP contribution in [0.15, 0.2) is 38.1 Å². The van der Waals surface area contributed by atoms with Gasteiger partial charge in [0.2, 0.25) is 11.6 Å². The van der Waals surface area contributed by atoms with Crippen molar-refractivity contribution >= 4 is 28.7 Å². The predicted octanol–water partition coefficient (Wildman–Crippen LogP) is 1.46. The number of aromatic nitrogens is 3. The minimum absolute atomic E-state index is 0.0149. The molecule has 0 spiro atoms. The fourth-order valence-electron chi connectivity index (χ4n) is 1.90. The first-order valence-corrected chi connectivity index (χ1v) is 8.01. The fraction of sp³-hybridized carbons (Fsp3) is 0.154. The van der Waals surface area contributed by atoms with E-state index in [-0.39, 0.29) is 29.6 Å². The van der Waals surface area contributed by atoms with Crippen LogP contribution in [-0.2, 0) is 17.7 Å². The van der Waals surface area contributed by atoms with E-state index < -0.39 is 17.0 Å². The van der Waals surface area contributed by atoms with Crippen LogP contribution in [0.25, 0.3) is 0 Å². The number of hydrogen-bond donors (Lipinski definition) is 1. The van der Waals surface area contributed by atoms with E-state index in [1.54, 1.807) is 24.3 Å². The van der Waals surface area contributed by atoms with Crippen molar-refractivity contribution in [2.45, 2.75) is 13.3 Å². The van der Waals surface area contributed by atoms with E-state index in [0.29, 0.717) is 5.02 Å². The Morgan fingerprint density at radius 1 is 1.29 bits per heavy atom. The molecule has 0 saturated heterocycles. The molecule has 126 valence electrons. The van der Waals surface area contributed by atoms with E-state index in [1.165, 1.54) is 6.92 Å². The molecule has 11 heteroatoms. The Hall–Kier alpha value is -2.59. The zero-order valence-corrected chi connectivity index (χ0v) is 13.8. The molecule has 2 aromatic heterocycles. The third kappa shape index (κ3) is 3.19. The van der Waals surface area contributed by atoms with Gasteiger partial charge in [-0.05, 0) is 17.7 Å². The SMILES string of the molecule is Cc1onc(N)c1OS(=O)n1c(Cc2ccc(Cl)cc2)noc1=O. The Labute approximate surface area is 142 Å². The highest BCUT2D eigenvalue weighted by Crippen LogP contribution is 2.25. The molecule has 9 nitrogen and oxygen atoms in total. The lowest BCUT2D eigenvalue weighted by molar-refractivity contribution is 0.379. The lowest BCUT2D eigenvalue weighted by atomic mass is 10.1. The van der Waals surface area contributed by atoms with Gasteiger partial charge >= 0.3 is 17.0 Å². The van der Waals surface area contributed by atoms with Crippen molar-refractivity contribution in [1.29, 1.82) is 0 Å². The monoisotopic (exact) mass is 370 g/mol. The van der Waals surface area contributed by atoms with Gasteiger partial charge in [-0.2, -0.15) is 4.21 Å². The Morgan fingerprint density at radius 3 is 2.62 bits per heavy atom. The van der Waals surface area contributed by atoms with Crippen LogP contribution in [0.2, 0.25) is 5.02 Å². The van der Waals surface area contributed by atoms with Crippen molar-refractivity contribution in [2.24, 2.45) is 0 Å². The van der Waals surface area contributed by atoms with E-state index in [0.717, 1.165) is 9.54 Å². The molecular weight excluding hydrogens is 360 g/mol. The standard InChI is InChI=1S/C13H11ClN4O5S/c1-7-11(12(15)17-21-7)23-24(20)18-10(16-22-13(18)19)6-8-2-4-9(14)5-3-8/h2-5H,6H2,1H3,(H2,15,17). The molecule has 0 fully saturated rings. The van der Waals surface area contributed by atoms with Crippen molar-refractivity contribution in [1.82, 2.24) is 14.3 Å². The maximum atomic E-state index is 12.4. The summed E-state index contributed by atoms with van der Waals surface area (Å²) in [6, 6.07) is 6.87. The van der Waals surface area contributed by atoms with Gasteiger partial charge in [0.05, 0.1) is 0 Å². The first kappa shape index (κ1) is 16.3. The second-order valence-electron chi connectivity index (χ2n) is 4.72. The second-order valence-corrected chi connectivity index (χ2v) is 6.12. The van der Waals surface area contributed by atoms with Gasteiger partial charge in [0.25, 0.3) is 0 Å². The molecule has 0 aliphatic rings. The number of nitrogen functional groups attached to an aromatic ring is 1. The number of rotatable bonds is 5. The van der Waals surface area contributed by atoms with Gasteiger partial charge in [0, 0.05) is 18.4 Å². The molecule has 3 aromatic rings. The molecule has 24 heavy (non-hydrogen) atoms. The van der Waals surface area contributed by atoms with Crippen LogP contribution in [0.5, 0.6) is 5.75 Å². The molecule has 1 aromatic carbocycles. The molecule has 1 unspecified atom stereocenters. The Balaban J connectivity index is 1.88. The summed E-state index contributed by atoms with van der Waals surface area (Å²) in [5.74, 6) is -0.675. The lowest BCUT2D eigenvalue weighted by Crippen LogP contribution is -2.24. The summed E-state index contributed by atoms with van der Waals surface area (Å²) in [6.45, 7) is 1.53. The molecule has 3 rings (SSSR count). The molecule has 2 heterocycles. The summed E-state index contributed by atoms with van der Waals surface area (Å²) in [4.78, 5) is 11.8. The first-order chi connectivity index (χ1) is 11.5. The average Bonchev–Trinajstić information content (AvgIpc) is 3.06. The van der Waals surface area contributed by atoms with Crippen molar-refractivity contribution < 1.29 is 17.4 Å². The van der Waals surface area contributed by atoms with Crippen LogP contribution < -0.4 is 15.7 Å². The summed E-state index contributed by atoms with van der Waals surface area (Å²) in [5.41, 5.74) is 6.34. The third-order valence-electron chi connectivity index (χ3n) is 3.04. The molecule has 0 aliphatic carbocycles. The zero-order chi connectivity index (χ0) is 17.3. The van der Waals surface area contributed by atoms with Gasteiger partial charge in [-0.15, -0.1) is 3.97 Å². The van der Waals surface area contributed by atoms with Crippen LogP contribution in [0.4, 0.5) is 5.82 Å². The van der Waals surface area contributed by atoms with E-state index in [4.69, 9.17) is 26.0 Å². The first-order valence-electron chi connectivity index (χ1n) is 6.60. The van der Waals surface area contributed by atoms with Gasteiger partial charge in [-0.1, -0.05) is 34.0 Å². The molecule has 0 aliphatic heterocycles. The summed E-state index contributed by atoms with van der Waals surface area (Å²) in [5, 5.41) is 7.67. The number of halogens is 1. The van der Waals surface area contributed by atoms with Crippen molar-refractivity contribution in [3.8, 4) is 5.75 Å². The highest BCUT2D eigenvalue weighted by atomic mass is 35.5. The van der Waals surface area contributed by atoms with Crippen molar-refractivity contribution in [3.63, 3.8) is 0 Å². The highest BCUT2D eigenvalue weighted by Gasteiger charge is 2.22. The molecule has 0 radical (unpaired) electrons. The normalized spacial score (nSPS) is 12.2. The molecule has 1 atom stereocenters. The Morgan fingerprint density at radius 2 is 2.00 bits per heavy atom. The van der Waals surface area contributed by atoms with Gasteiger partial charge in [0.15, 0.2) is 11.6 Å². The van der Waals surface area contributed by atoms with E-state index in [9.17, 15) is 9.00 Å². The molecule has 2 N–H and O–H groups in total. The molecule has 0 amide bonds. The molecule has 0 bridgehead atoms. The van der Waals surface area contributed by atoms with E-state index >= 15 is 0 Å². The minimum Gasteiger partial charge on any atom is -0.378 e. The zero-order valence-electron chi connectivity index (χ0n) is 12.3. The maximum absolute atomic E-state index is 12.4. The highest BCUT2D eigenvalue weighted by molar-refractivity contribution is 7.79. The number of nitrogens with zero attached hydrogens (tertiary/aromatic N) is 3. The summed E-state index contributed by atoms with van der Waals surface area (Å²) >= 11 is 3.56. The number of hydrogen-bond acceptors (Lipinski definition) is 8. The maximum Gasteiger partial charge on any atom is 0.456 e. The van der Waals surface area contributed by atoms with Crippen LogP contribution in [0.3, 0.4) is 0 Å². The number of benzene rings is 1. The summed E-state index contributed by atoms with van der Waals surface area (Å²) < 4.78 is 27.7. The van der Waals surface area contributed by atoms with Gasteiger partial charge in [-0.3, -0.25) is 4.52 Å². The number of anilines is 1. The van der Waals surface area contributed by atoms with Gasteiger partial charge in [0.1, 0.15) is 0 Å². The van der Waals surface area contributed by atoms with Crippen molar-refractivity contribution in [2.75, 3.05) is 5.73 Å². The Kier molecular flexibility index (Phi) is 4.40. The molecule has 0 saturated carbocycles. The van der Waals surface area contributed by atoms with E-state index in [2.05, 4.69) is 14.8 Å².